The molecule has 2 aromatic rings. The highest BCUT2D eigenvalue weighted by Gasteiger charge is 2.06. The van der Waals surface area contributed by atoms with Crippen LogP contribution in [0.1, 0.15) is 12.5 Å². The Morgan fingerprint density at radius 2 is 2.19 bits per heavy atom. The van der Waals surface area contributed by atoms with Gasteiger partial charge in [0.25, 0.3) is 0 Å². The standard InChI is InChI=1S/C13H11Cl2N3OS2/c1-2-20-13-18-17-12(21-13)16-11(19)6-4-8-3-5-9(14)10(15)7-8/h3-7H,2H2,1H3,(H,16,17,19)/b6-4+. The van der Waals surface area contributed by atoms with Crippen molar-refractivity contribution in [3.63, 3.8) is 0 Å². The Morgan fingerprint density at radius 1 is 1.38 bits per heavy atom. The van der Waals surface area contributed by atoms with E-state index < -0.39 is 0 Å². The zero-order chi connectivity index (χ0) is 15.2. The second kappa shape index (κ2) is 7.79. The van der Waals surface area contributed by atoms with Crippen LogP contribution >= 0.6 is 46.3 Å². The molecule has 1 aromatic heterocycles. The molecule has 0 fully saturated rings. The van der Waals surface area contributed by atoms with E-state index in [2.05, 4.69) is 15.5 Å². The second-order valence-electron chi connectivity index (χ2n) is 3.80. The number of anilines is 1. The molecule has 21 heavy (non-hydrogen) atoms. The van der Waals surface area contributed by atoms with Gasteiger partial charge in [0.05, 0.1) is 10.0 Å². The first kappa shape index (κ1) is 16.3. The van der Waals surface area contributed by atoms with Gasteiger partial charge in [-0.3, -0.25) is 10.1 Å². The number of hydrogen-bond donors (Lipinski definition) is 1. The minimum Gasteiger partial charge on any atom is -0.297 e. The number of nitrogens with zero attached hydrogens (tertiary/aromatic N) is 2. The number of carbonyl (C=O) groups excluding carboxylic acids is 1. The Hall–Kier alpha value is -1.08. The van der Waals surface area contributed by atoms with Crippen LogP contribution in [-0.2, 0) is 4.79 Å². The maximum Gasteiger partial charge on any atom is 0.250 e. The average Bonchev–Trinajstić information content (AvgIpc) is 2.88. The highest BCUT2D eigenvalue weighted by molar-refractivity contribution is 8.01. The number of carbonyl (C=O) groups is 1. The van der Waals surface area contributed by atoms with Gasteiger partial charge in [0.2, 0.25) is 11.0 Å². The molecule has 0 radical (unpaired) electrons. The van der Waals surface area contributed by atoms with Gasteiger partial charge >= 0.3 is 0 Å². The van der Waals surface area contributed by atoms with Crippen LogP contribution in [0.25, 0.3) is 6.08 Å². The summed E-state index contributed by atoms with van der Waals surface area (Å²) in [5.41, 5.74) is 0.791. The lowest BCUT2D eigenvalue weighted by atomic mass is 10.2. The van der Waals surface area contributed by atoms with Gasteiger partial charge in [-0.25, -0.2) is 0 Å². The van der Waals surface area contributed by atoms with Crippen molar-refractivity contribution in [2.45, 2.75) is 11.3 Å². The van der Waals surface area contributed by atoms with E-state index in [1.165, 1.54) is 17.4 Å². The summed E-state index contributed by atoms with van der Waals surface area (Å²) in [6.07, 6.45) is 3.06. The highest BCUT2D eigenvalue weighted by atomic mass is 35.5. The third kappa shape index (κ3) is 5.00. The summed E-state index contributed by atoms with van der Waals surface area (Å²) in [5.74, 6) is 0.644. The molecular weight excluding hydrogens is 349 g/mol. The van der Waals surface area contributed by atoms with Crippen LogP contribution in [0.2, 0.25) is 10.0 Å². The van der Waals surface area contributed by atoms with Gasteiger partial charge < -0.3 is 0 Å². The molecule has 0 saturated carbocycles. The van der Waals surface area contributed by atoms with Gasteiger partial charge in [0.15, 0.2) is 4.34 Å². The molecule has 8 heteroatoms. The molecule has 0 saturated heterocycles. The summed E-state index contributed by atoms with van der Waals surface area (Å²) >= 11 is 14.7. The SMILES string of the molecule is CCSc1nnc(NC(=O)/C=C/c2ccc(Cl)c(Cl)c2)s1. The van der Waals surface area contributed by atoms with Crippen LogP contribution in [0, 0.1) is 0 Å². The zero-order valence-corrected chi connectivity index (χ0v) is 14.1. The fraction of sp³-hybridized carbons (Fsp3) is 0.154. The van der Waals surface area contributed by atoms with Crippen molar-refractivity contribution in [1.82, 2.24) is 10.2 Å². The Bertz CT molecular complexity index is 673. The number of halogens is 2. The van der Waals surface area contributed by atoms with E-state index in [0.717, 1.165) is 15.7 Å². The van der Waals surface area contributed by atoms with Gasteiger partial charge in [0, 0.05) is 6.08 Å². The van der Waals surface area contributed by atoms with E-state index >= 15 is 0 Å². The Labute approximate surface area is 140 Å². The molecule has 4 nitrogen and oxygen atoms in total. The van der Waals surface area contributed by atoms with E-state index in [1.807, 2.05) is 6.92 Å². The zero-order valence-electron chi connectivity index (χ0n) is 11.0. The van der Waals surface area contributed by atoms with Gasteiger partial charge in [-0.05, 0) is 29.5 Å². The number of benzene rings is 1. The van der Waals surface area contributed by atoms with Crippen molar-refractivity contribution in [2.24, 2.45) is 0 Å². The molecule has 0 spiro atoms. The largest absolute Gasteiger partial charge is 0.297 e. The van der Waals surface area contributed by atoms with Gasteiger partial charge in [-0.1, -0.05) is 59.3 Å². The molecule has 1 heterocycles. The van der Waals surface area contributed by atoms with E-state index in [-0.39, 0.29) is 5.91 Å². The number of thioether (sulfide) groups is 1. The lowest BCUT2D eigenvalue weighted by molar-refractivity contribution is -0.111. The molecule has 1 N–H and O–H groups in total. The minimum atomic E-state index is -0.273. The van der Waals surface area contributed by atoms with Crippen molar-refractivity contribution < 1.29 is 4.79 Å². The van der Waals surface area contributed by atoms with Crippen LogP contribution in [0.3, 0.4) is 0 Å². The van der Waals surface area contributed by atoms with Crippen molar-refractivity contribution >= 4 is 63.4 Å². The third-order valence-electron chi connectivity index (χ3n) is 2.28. The van der Waals surface area contributed by atoms with Crippen LogP contribution in [-0.4, -0.2) is 21.9 Å². The number of hydrogen-bond acceptors (Lipinski definition) is 5. The summed E-state index contributed by atoms with van der Waals surface area (Å²) in [6, 6.07) is 5.15. The van der Waals surface area contributed by atoms with E-state index in [0.29, 0.717) is 15.2 Å². The number of rotatable bonds is 5. The maximum atomic E-state index is 11.8. The maximum absolute atomic E-state index is 11.8. The predicted octanol–water partition coefficient (Wildman–Crippen LogP) is 4.61. The van der Waals surface area contributed by atoms with Crippen LogP contribution in [0.15, 0.2) is 28.6 Å². The molecule has 0 unspecified atom stereocenters. The number of aromatic nitrogens is 2. The molecule has 1 aromatic carbocycles. The molecule has 0 aliphatic heterocycles. The van der Waals surface area contributed by atoms with Crippen LogP contribution in [0.5, 0.6) is 0 Å². The van der Waals surface area contributed by atoms with E-state index in [9.17, 15) is 4.79 Å². The first-order valence-electron chi connectivity index (χ1n) is 5.99. The topological polar surface area (TPSA) is 54.9 Å². The minimum absolute atomic E-state index is 0.273. The molecule has 0 atom stereocenters. The lowest BCUT2D eigenvalue weighted by Crippen LogP contribution is -2.07. The van der Waals surface area contributed by atoms with Crippen molar-refractivity contribution in [3.8, 4) is 0 Å². The summed E-state index contributed by atoms with van der Waals surface area (Å²) < 4.78 is 0.835. The molecule has 0 bridgehead atoms. The van der Waals surface area contributed by atoms with Crippen LogP contribution in [0.4, 0.5) is 5.13 Å². The van der Waals surface area contributed by atoms with Crippen molar-refractivity contribution in [2.75, 3.05) is 11.1 Å². The Morgan fingerprint density at radius 3 is 2.90 bits per heavy atom. The summed E-state index contributed by atoms with van der Waals surface area (Å²) in [5, 5.41) is 11.9. The second-order valence-corrected chi connectivity index (χ2v) is 7.11. The van der Waals surface area contributed by atoms with Crippen LogP contribution < -0.4 is 5.32 Å². The normalized spacial score (nSPS) is 11.0. The van der Waals surface area contributed by atoms with E-state index in [1.54, 1.807) is 36.0 Å². The molecule has 0 aliphatic carbocycles. The number of amides is 1. The van der Waals surface area contributed by atoms with Gasteiger partial charge in [0.1, 0.15) is 0 Å². The molecule has 0 aliphatic rings. The first-order chi connectivity index (χ1) is 10.1. The fourth-order valence-corrected chi connectivity index (χ4v) is 3.34. The quantitative estimate of drug-likeness (QED) is 0.481. The molecule has 2 rings (SSSR count). The average molecular weight is 360 g/mol. The number of nitrogens with one attached hydrogen (secondary N) is 1. The molecular formula is C13H11Cl2N3OS2. The summed E-state index contributed by atoms with van der Waals surface area (Å²) in [7, 11) is 0. The van der Waals surface area contributed by atoms with E-state index in [4.69, 9.17) is 23.2 Å². The third-order valence-corrected chi connectivity index (χ3v) is 4.87. The smallest absolute Gasteiger partial charge is 0.250 e. The van der Waals surface area contributed by atoms with Gasteiger partial charge in [-0.2, -0.15) is 0 Å². The highest BCUT2D eigenvalue weighted by Crippen LogP contribution is 2.25. The Balaban J connectivity index is 1.96. The van der Waals surface area contributed by atoms with Crippen molar-refractivity contribution in [3.05, 3.63) is 39.9 Å². The first-order valence-corrected chi connectivity index (χ1v) is 8.54. The predicted molar refractivity (Wildman–Crippen MR) is 90.4 cm³/mol. The lowest BCUT2D eigenvalue weighted by Gasteiger charge is -1.98. The monoisotopic (exact) mass is 359 g/mol. The molecule has 1 amide bonds. The Kier molecular flexibility index (Phi) is 6.05. The summed E-state index contributed by atoms with van der Waals surface area (Å²) in [4.78, 5) is 11.8. The molecule has 110 valence electrons. The summed E-state index contributed by atoms with van der Waals surface area (Å²) in [6.45, 7) is 2.03. The fourth-order valence-electron chi connectivity index (χ4n) is 1.38. The van der Waals surface area contributed by atoms with Crippen molar-refractivity contribution in [1.29, 1.82) is 0 Å². The van der Waals surface area contributed by atoms with Gasteiger partial charge in [-0.15, -0.1) is 10.2 Å².